The Morgan fingerprint density at radius 1 is 1.10 bits per heavy atom. The third-order valence-electron chi connectivity index (χ3n) is 3.32. The number of hydrogen-bond donors (Lipinski definition) is 3. The SMILES string of the molecule is Cc1ccc(C)c(C(=O)NC(C(N)=O)C(C)C)c1C(=O)O. The van der Waals surface area contributed by atoms with Crippen molar-refractivity contribution in [3.8, 4) is 0 Å². The van der Waals surface area contributed by atoms with Crippen molar-refractivity contribution in [2.45, 2.75) is 33.7 Å². The highest BCUT2D eigenvalue weighted by Crippen LogP contribution is 2.19. The van der Waals surface area contributed by atoms with Crippen molar-refractivity contribution < 1.29 is 19.5 Å². The van der Waals surface area contributed by atoms with E-state index in [0.29, 0.717) is 11.1 Å². The standard InChI is InChI=1S/C15H20N2O4/c1-7(2)12(13(16)18)17-14(19)10-8(3)5-6-9(4)11(10)15(20)21/h5-7,12H,1-4H3,(H2,16,18)(H,17,19)(H,20,21). The van der Waals surface area contributed by atoms with Crippen LogP contribution in [0.5, 0.6) is 0 Å². The van der Waals surface area contributed by atoms with Gasteiger partial charge in [-0.2, -0.15) is 0 Å². The van der Waals surface area contributed by atoms with Crippen LogP contribution < -0.4 is 11.1 Å². The van der Waals surface area contributed by atoms with Gasteiger partial charge in [0.15, 0.2) is 0 Å². The summed E-state index contributed by atoms with van der Waals surface area (Å²) in [4.78, 5) is 35.1. The third-order valence-corrected chi connectivity index (χ3v) is 3.32. The molecule has 0 heterocycles. The molecule has 6 heteroatoms. The number of rotatable bonds is 5. The maximum Gasteiger partial charge on any atom is 0.336 e. The van der Waals surface area contributed by atoms with Gasteiger partial charge in [-0.05, 0) is 30.9 Å². The second kappa shape index (κ2) is 6.39. The van der Waals surface area contributed by atoms with E-state index in [2.05, 4.69) is 5.32 Å². The Hall–Kier alpha value is -2.37. The van der Waals surface area contributed by atoms with Gasteiger partial charge in [0, 0.05) is 0 Å². The fourth-order valence-electron chi connectivity index (χ4n) is 2.16. The molecule has 0 saturated carbocycles. The van der Waals surface area contributed by atoms with Crippen LogP contribution in [0.4, 0.5) is 0 Å². The van der Waals surface area contributed by atoms with Gasteiger partial charge in [0.2, 0.25) is 5.91 Å². The lowest BCUT2D eigenvalue weighted by atomic mass is 9.95. The maximum atomic E-state index is 12.4. The Labute approximate surface area is 123 Å². The molecule has 1 aromatic carbocycles. The van der Waals surface area contributed by atoms with Crippen molar-refractivity contribution in [3.63, 3.8) is 0 Å². The van der Waals surface area contributed by atoms with Gasteiger partial charge < -0.3 is 16.2 Å². The van der Waals surface area contributed by atoms with Crippen LogP contribution in [0.3, 0.4) is 0 Å². The smallest absolute Gasteiger partial charge is 0.336 e. The Balaban J connectivity index is 3.27. The van der Waals surface area contributed by atoms with Gasteiger partial charge in [0.05, 0.1) is 11.1 Å². The number of carbonyl (C=O) groups excluding carboxylic acids is 2. The highest BCUT2D eigenvalue weighted by Gasteiger charge is 2.26. The maximum absolute atomic E-state index is 12.4. The molecule has 0 radical (unpaired) electrons. The normalized spacial score (nSPS) is 12.0. The van der Waals surface area contributed by atoms with Gasteiger partial charge in [-0.1, -0.05) is 26.0 Å². The summed E-state index contributed by atoms with van der Waals surface area (Å²) < 4.78 is 0. The number of nitrogens with one attached hydrogen (secondary N) is 1. The number of carboxylic acids is 1. The van der Waals surface area contributed by atoms with E-state index in [4.69, 9.17) is 5.73 Å². The number of aryl methyl sites for hydroxylation is 2. The van der Waals surface area contributed by atoms with Crippen LogP contribution in [0, 0.1) is 19.8 Å². The van der Waals surface area contributed by atoms with Crippen LogP contribution in [0.25, 0.3) is 0 Å². The number of carbonyl (C=O) groups is 3. The predicted molar refractivity (Wildman–Crippen MR) is 78.2 cm³/mol. The van der Waals surface area contributed by atoms with Gasteiger partial charge in [0.1, 0.15) is 6.04 Å². The fourth-order valence-corrected chi connectivity index (χ4v) is 2.16. The highest BCUT2D eigenvalue weighted by atomic mass is 16.4. The number of primary amides is 1. The van der Waals surface area contributed by atoms with E-state index >= 15 is 0 Å². The van der Waals surface area contributed by atoms with Crippen LogP contribution in [0.15, 0.2) is 12.1 Å². The molecule has 0 spiro atoms. The molecule has 0 aliphatic rings. The Morgan fingerprint density at radius 3 is 1.95 bits per heavy atom. The van der Waals surface area contributed by atoms with Crippen molar-refractivity contribution >= 4 is 17.8 Å². The summed E-state index contributed by atoms with van der Waals surface area (Å²) in [5, 5.41) is 11.8. The summed E-state index contributed by atoms with van der Waals surface area (Å²) >= 11 is 0. The first kappa shape index (κ1) is 16.7. The molecule has 0 aromatic heterocycles. The molecule has 1 atom stereocenters. The Kier molecular flexibility index (Phi) is 5.07. The van der Waals surface area contributed by atoms with Crippen LogP contribution in [-0.2, 0) is 4.79 Å². The van der Waals surface area contributed by atoms with Gasteiger partial charge in [-0.25, -0.2) is 4.79 Å². The number of carboxylic acid groups (broad SMARTS) is 1. The molecule has 0 aliphatic heterocycles. The lowest BCUT2D eigenvalue weighted by molar-refractivity contribution is -0.120. The van der Waals surface area contributed by atoms with Crippen molar-refractivity contribution in [1.82, 2.24) is 5.32 Å². The topological polar surface area (TPSA) is 109 Å². The van der Waals surface area contributed by atoms with Crippen LogP contribution in [-0.4, -0.2) is 28.9 Å². The number of hydrogen-bond acceptors (Lipinski definition) is 3. The summed E-state index contributed by atoms with van der Waals surface area (Å²) in [5.41, 5.74) is 6.28. The largest absolute Gasteiger partial charge is 0.478 e. The van der Waals surface area contributed by atoms with Gasteiger partial charge in [0.25, 0.3) is 5.91 Å². The molecule has 6 nitrogen and oxygen atoms in total. The molecule has 0 aliphatic carbocycles. The second-order valence-corrected chi connectivity index (χ2v) is 5.35. The third kappa shape index (κ3) is 3.59. The second-order valence-electron chi connectivity index (χ2n) is 5.35. The first-order chi connectivity index (χ1) is 9.66. The molecular weight excluding hydrogens is 272 g/mol. The lowest BCUT2D eigenvalue weighted by Gasteiger charge is -2.20. The van der Waals surface area contributed by atoms with Gasteiger partial charge in [-0.3, -0.25) is 9.59 Å². The first-order valence-corrected chi connectivity index (χ1v) is 6.60. The minimum Gasteiger partial charge on any atom is -0.478 e. The Bertz CT molecular complexity index is 594. The number of aromatic carboxylic acids is 1. The molecule has 0 saturated heterocycles. The quantitative estimate of drug-likeness (QED) is 0.758. The van der Waals surface area contributed by atoms with E-state index in [1.165, 1.54) is 0 Å². The summed E-state index contributed by atoms with van der Waals surface area (Å²) in [5.74, 6) is -2.63. The molecule has 0 fully saturated rings. The fraction of sp³-hybridized carbons (Fsp3) is 0.400. The van der Waals surface area contributed by atoms with Crippen LogP contribution in [0.2, 0.25) is 0 Å². The minimum absolute atomic E-state index is 0.0560. The van der Waals surface area contributed by atoms with Crippen molar-refractivity contribution in [2.75, 3.05) is 0 Å². The molecule has 21 heavy (non-hydrogen) atoms. The summed E-state index contributed by atoms with van der Waals surface area (Å²) in [6, 6.07) is 2.47. The molecule has 114 valence electrons. The van der Waals surface area contributed by atoms with E-state index in [-0.39, 0.29) is 17.0 Å². The number of benzene rings is 1. The van der Waals surface area contributed by atoms with E-state index in [0.717, 1.165) is 0 Å². The minimum atomic E-state index is -1.18. The number of nitrogens with two attached hydrogens (primary N) is 1. The van der Waals surface area contributed by atoms with E-state index in [1.54, 1.807) is 39.8 Å². The molecular formula is C15H20N2O4. The first-order valence-electron chi connectivity index (χ1n) is 6.60. The van der Waals surface area contributed by atoms with Crippen molar-refractivity contribution in [2.24, 2.45) is 11.7 Å². The molecule has 0 bridgehead atoms. The zero-order valence-electron chi connectivity index (χ0n) is 12.6. The summed E-state index contributed by atoms with van der Waals surface area (Å²) in [6.45, 7) is 6.76. The number of amides is 2. The summed E-state index contributed by atoms with van der Waals surface area (Å²) in [7, 11) is 0. The highest BCUT2D eigenvalue weighted by molar-refractivity contribution is 6.07. The molecule has 1 rings (SSSR count). The Morgan fingerprint density at radius 2 is 1.57 bits per heavy atom. The van der Waals surface area contributed by atoms with E-state index < -0.39 is 23.8 Å². The molecule has 4 N–H and O–H groups in total. The molecule has 1 aromatic rings. The zero-order valence-corrected chi connectivity index (χ0v) is 12.6. The monoisotopic (exact) mass is 292 g/mol. The van der Waals surface area contributed by atoms with Gasteiger partial charge >= 0.3 is 5.97 Å². The average Bonchev–Trinajstić information content (AvgIpc) is 2.36. The van der Waals surface area contributed by atoms with E-state index in [1.807, 2.05) is 0 Å². The predicted octanol–water partition coefficient (Wildman–Crippen LogP) is 1.24. The summed E-state index contributed by atoms with van der Waals surface area (Å²) in [6.07, 6.45) is 0. The zero-order chi connectivity index (χ0) is 16.3. The van der Waals surface area contributed by atoms with Gasteiger partial charge in [-0.15, -0.1) is 0 Å². The van der Waals surface area contributed by atoms with Crippen molar-refractivity contribution in [1.29, 1.82) is 0 Å². The van der Waals surface area contributed by atoms with Crippen molar-refractivity contribution in [3.05, 3.63) is 34.4 Å². The van der Waals surface area contributed by atoms with E-state index in [9.17, 15) is 19.5 Å². The van der Waals surface area contributed by atoms with Crippen LogP contribution in [0.1, 0.15) is 45.7 Å². The van der Waals surface area contributed by atoms with Crippen LogP contribution >= 0.6 is 0 Å². The average molecular weight is 292 g/mol. The lowest BCUT2D eigenvalue weighted by Crippen LogP contribution is -2.48. The molecule has 2 amide bonds. The molecule has 1 unspecified atom stereocenters.